The molecule has 30 heavy (non-hydrogen) atoms. The van der Waals surface area contributed by atoms with Crippen molar-refractivity contribution in [3.05, 3.63) is 70.3 Å². The molecule has 1 saturated heterocycles. The number of pyridine rings is 1. The van der Waals surface area contributed by atoms with Crippen LogP contribution in [0.2, 0.25) is 0 Å². The second-order valence-electron chi connectivity index (χ2n) is 7.56. The van der Waals surface area contributed by atoms with Gasteiger partial charge in [0.1, 0.15) is 6.61 Å². The molecule has 0 spiro atoms. The van der Waals surface area contributed by atoms with Crippen molar-refractivity contribution in [2.75, 3.05) is 18.4 Å². The minimum atomic E-state index is 0.0347. The van der Waals surface area contributed by atoms with Crippen molar-refractivity contribution < 1.29 is 9.53 Å². The van der Waals surface area contributed by atoms with Gasteiger partial charge in [-0.1, -0.05) is 30.3 Å². The molecular formula is C23H26N4O2S. The summed E-state index contributed by atoms with van der Waals surface area (Å²) in [4.78, 5) is 23.8. The maximum Gasteiger partial charge on any atom is 0.227 e. The van der Waals surface area contributed by atoms with Gasteiger partial charge in [-0.3, -0.25) is 9.69 Å². The molecule has 1 amide bonds. The molecule has 2 aromatic heterocycles. The van der Waals surface area contributed by atoms with E-state index in [0.717, 1.165) is 48.7 Å². The molecule has 3 heterocycles. The number of aryl methyl sites for hydroxylation is 1. The third-order valence-corrected chi connectivity index (χ3v) is 6.07. The molecule has 3 aromatic rings. The molecule has 1 aromatic carbocycles. The van der Waals surface area contributed by atoms with Crippen molar-refractivity contribution in [3.63, 3.8) is 0 Å². The summed E-state index contributed by atoms with van der Waals surface area (Å²) in [6.45, 7) is 5.20. The van der Waals surface area contributed by atoms with Crippen LogP contribution < -0.4 is 10.1 Å². The van der Waals surface area contributed by atoms with Gasteiger partial charge in [0.25, 0.3) is 0 Å². The van der Waals surface area contributed by atoms with Crippen LogP contribution in [-0.2, 0) is 17.9 Å². The number of thiazole rings is 1. The van der Waals surface area contributed by atoms with Crippen molar-refractivity contribution >= 4 is 22.9 Å². The molecule has 0 unspecified atom stereocenters. The van der Waals surface area contributed by atoms with Crippen LogP contribution in [0.1, 0.15) is 29.1 Å². The SMILES string of the molecule is Cc1nc(CN2CCC(C(=O)Nc3ccc(OCc4ccccc4)nc3)CC2)cs1. The minimum Gasteiger partial charge on any atom is -0.473 e. The fourth-order valence-electron chi connectivity index (χ4n) is 3.58. The van der Waals surface area contributed by atoms with Gasteiger partial charge in [0, 0.05) is 23.9 Å². The maximum absolute atomic E-state index is 12.6. The topological polar surface area (TPSA) is 67.4 Å². The quantitative estimate of drug-likeness (QED) is 0.616. The van der Waals surface area contributed by atoms with Crippen LogP contribution >= 0.6 is 11.3 Å². The number of amides is 1. The Hall–Kier alpha value is -2.77. The van der Waals surface area contributed by atoms with Crippen LogP contribution in [0.3, 0.4) is 0 Å². The summed E-state index contributed by atoms with van der Waals surface area (Å²) in [6, 6.07) is 13.6. The van der Waals surface area contributed by atoms with E-state index in [1.807, 2.05) is 43.3 Å². The Bertz CT molecular complexity index is 951. The molecule has 0 atom stereocenters. The van der Waals surface area contributed by atoms with Gasteiger partial charge in [0.05, 0.1) is 22.6 Å². The van der Waals surface area contributed by atoms with Crippen molar-refractivity contribution in [1.29, 1.82) is 0 Å². The molecule has 1 aliphatic heterocycles. The van der Waals surface area contributed by atoms with E-state index in [9.17, 15) is 4.79 Å². The highest BCUT2D eigenvalue weighted by Crippen LogP contribution is 2.22. The lowest BCUT2D eigenvalue weighted by Gasteiger charge is -2.30. The van der Waals surface area contributed by atoms with Gasteiger partial charge in [-0.05, 0) is 44.5 Å². The van der Waals surface area contributed by atoms with Crippen LogP contribution in [-0.4, -0.2) is 33.9 Å². The number of ether oxygens (including phenoxy) is 1. The zero-order valence-electron chi connectivity index (χ0n) is 17.1. The number of carbonyl (C=O) groups excluding carboxylic acids is 1. The number of benzene rings is 1. The van der Waals surface area contributed by atoms with Crippen molar-refractivity contribution in [2.45, 2.75) is 32.9 Å². The molecule has 1 N–H and O–H groups in total. The van der Waals surface area contributed by atoms with Crippen LogP contribution in [0.15, 0.2) is 54.0 Å². The number of hydrogen-bond donors (Lipinski definition) is 1. The third kappa shape index (κ3) is 5.64. The first-order chi connectivity index (χ1) is 14.7. The average Bonchev–Trinajstić information content (AvgIpc) is 3.19. The summed E-state index contributed by atoms with van der Waals surface area (Å²) in [5.74, 6) is 0.647. The van der Waals surface area contributed by atoms with Gasteiger partial charge >= 0.3 is 0 Å². The number of rotatable bonds is 7. The first kappa shape index (κ1) is 20.5. The zero-order valence-corrected chi connectivity index (χ0v) is 17.9. The second kappa shape index (κ2) is 9.82. The van der Waals surface area contributed by atoms with E-state index in [1.165, 1.54) is 0 Å². The first-order valence-electron chi connectivity index (χ1n) is 10.2. The lowest BCUT2D eigenvalue weighted by Crippen LogP contribution is -2.37. The molecule has 1 fully saturated rings. The third-order valence-electron chi connectivity index (χ3n) is 5.24. The van der Waals surface area contributed by atoms with Crippen molar-refractivity contribution in [3.8, 4) is 5.88 Å². The molecule has 6 nitrogen and oxygen atoms in total. The number of nitrogens with one attached hydrogen (secondary N) is 1. The van der Waals surface area contributed by atoms with Gasteiger partial charge in [-0.2, -0.15) is 0 Å². The monoisotopic (exact) mass is 422 g/mol. The number of likely N-dealkylation sites (tertiary alicyclic amines) is 1. The Kier molecular flexibility index (Phi) is 6.71. The molecule has 1 aliphatic rings. The summed E-state index contributed by atoms with van der Waals surface area (Å²) in [6.07, 6.45) is 3.37. The average molecular weight is 423 g/mol. The standard InChI is InChI=1S/C23H26N4O2S/c1-17-25-21(16-30-17)14-27-11-9-19(10-12-27)23(28)26-20-7-8-22(24-13-20)29-15-18-5-3-2-4-6-18/h2-8,13,16,19H,9-12,14-15H2,1H3,(H,26,28). The molecular weight excluding hydrogens is 396 g/mol. The molecule has 0 saturated carbocycles. The van der Waals surface area contributed by atoms with E-state index < -0.39 is 0 Å². The highest BCUT2D eigenvalue weighted by Gasteiger charge is 2.25. The van der Waals surface area contributed by atoms with E-state index in [1.54, 1.807) is 23.6 Å². The van der Waals surface area contributed by atoms with Crippen LogP contribution in [0.4, 0.5) is 5.69 Å². The summed E-state index contributed by atoms with van der Waals surface area (Å²) < 4.78 is 5.70. The zero-order chi connectivity index (χ0) is 20.8. The summed E-state index contributed by atoms with van der Waals surface area (Å²) in [5, 5.41) is 6.21. The number of carbonyl (C=O) groups is 1. The molecule has 4 rings (SSSR count). The molecule has 0 bridgehead atoms. The highest BCUT2D eigenvalue weighted by atomic mass is 32.1. The van der Waals surface area contributed by atoms with Gasteiger partial charge in [-0.15, -0.1) is 11.3 Å². The Labute approximate surface area is 180 Å². The van der Waals surface area contributed by atoms with Crippen LogP contribution in [0.5, 0.6) is 5.88 Å². The lowest BCUT2D eigenvalue weighted by atomic mass is 9.96. The Morgan fingerprint density at radius 3 is 2.67 bits per heavy atom. The van der Waals surface area contributed by atoms with E-state index in [0.29, 0.717) is 18.2 Å². The number of nitrogens with zero attached hydrogens (tertiary/aromatic N) is 3. The molecule has 0 aliphatic carbocycles. The number of anilines is 1. The fraction of sp³-hybridized carbons (Fsp3) is 0.348. The second-order valence-corrected chi connectivity index (χ2v) is 8.62. The Morgan fingerprint density at radius 2 is 2.00 bits per heavy atom. The minimum absolute atomic E-state index is 0.0347. The molecule has 7 heteroatoms. The van der Waals surface area contributed by atoms with E-state index in [2.05, 4.69) is 25.6 Å². The van der Waals surface area contributed by atoms with Gasteiger partial charge < -0.3 is 10.1 Å². The fourth-order valence-corrected chi connectivity index (χ4v) is 4.18. The Balaban J connectivity index is 1.22. The predicted molar refractivity (Wildman–Crippen MR) is 118 cm³/mol. The smallest absolute Gasteiger partial charge is 0.227 e. The van der Waals surface area contributed by atoms with Crippen molar-refractivity contribution in [1.82, 2.24) is 14.9 Å². The molecule has 0 radical (unpaired) electrons. The van der Waals surface area contributed by atoms with E-state index >= 15 is 0 Å². The summed E-state index contributed by atoms with van der Waals surface area (Å²) in [5.41, 5.74) is 2.92. The van der Waals surface area contributed by atoms with E-state index in [-0.39, 0.29) is 11.8 Å². The van der Waals surface area contributed by atoms with Crippen molar-refractivity contribution in [2.24, 2.45) is 5.92 Å². The summed E-state index contributed by atoms with van der Waals surface area (Å²) >= 11 is 1.69. The highest BCUT2D eigenvalue weighted by molar-refractivity contribution is 7.09. The number of hydrogen-bond acceptors (Lipinski definition) is 6. The maximum atomic E-state index is 12.6. The normalized spacial score (nSPS) is 15.1. The number of aromatic nitrogens is 2. The predicted octanol–water partition coefficient (Wildman–Crippen LogP) is 4.28. The van der Waals surface area contributed by atoms with Crippen LogP contribution in [0.25, 0.3) is 0 Å². The first-order valence-corrected chi connectivity index (χ1v) is 11.1. The van der Waals surface area contributed by atoms with Gasteiger partial charge in [0.15, 0.2) is 0 Å². The molecule has 156 valence electrons. The summed E-state index contributed by atoms with van der Waals surface area (Å²) in [7, 11) is 0. The lowest BCUT2D eigenvalue weighted by molar-refractivity contribution is -0.121. The largest absolute Gasteiger partial charge is 0.473 e. The number of piperidine rings is 1. The Morgan fingerprint density at radius 1 is 1.20 bits per heavy atom. The van der Waals surface area contributed by atoms with Gasteiger partial charge in [0.2, 0.25) is 11.8 Å². The van der Waals surface area contributed by atoms with Crippen LogP contribution in [0, 0.1) is 12.8 Å². The van der Waals surface area contributed by atoms with Gasteiger partial charge in [-0.25, -0.2) is 9.97 Å². The van der Waals surface area contributed by atoms with E-state index in [4.69, 9.17) is 4.74 Å².